The third-order valence-corrected chi connectivity index (χ3v) is 1.57. The van der Waals surface area contributed by atoms with Crippen molar-refractivity contribution in [3.05, 3.63) is 43.0 Å². The van der Waals surface area contributed by atoms with Crippen LogP contribution in [-0.4, -0.2) is 11.3 Å². The number of allylic oxidation sites excluding steroid dienone is 1. The normalized spacial score (nSPS) is 10.2. The molecule has 0 aliphatic heterocycles. The highest BCUT2D eigenvalue weighted by molar-refractivity contribution is 5.79. The van der Waals surface area contributed by atoms with Gasteiger partial charge in [0.2, 0.25) is 0 Å². The van der Waals surface area contributed by atoms with Crippen molar-refractivity contribution in [2.45, 2.75) is 0 Å². The van der Waals surface area contributed by atoms with Crippen LogP contribution >= 0.6 is 0 Å². The Balaban J connectivity index is 3.22. The van der Waals surface area contributed by atoms with Crippen molar-refractivity contribution in [1.82, 2.24) is 0 Å². The topological polar surface area (TPSA) is 32.6 Å². The molecular formula is C11H11NO. The first-order valence-electron chi connectivity index (χ1n) is 3.89. The van der Waals surface area contributed by atoms with Gasteiger partial charge in [0, 0.05) is 11.8 Å². The summed E-state index contributed by atoms with van der Waals surface area (Å²) >= 11 is 0. The Morgan fingerprint density at radius 3 is 2.69 bits per heavy atom. The molecule has 0 atom stereocenters. The number of aromatic hydroxyl groups is 1. The van der Waals surface area contributed by atoms with Crippen LogP contribution < -0.4 is 0 Å². The van der Waals surface area contributed by atoms with E-state index < -0.39 is 0 Å². The number of hydrogen-bond acceptors (Lipinski definition) is 2. The molecule has 2 heteroatoms. The van der Waals surface area contributed by atoms with Crippen LogP contribution in [-0.2, 0) is 0 Å². The molecule has 1 aromatic carbocycles. The average Bonchev–Trinajstić information content (AvgIpc) is 2.15. The summed E-state index contributed by atoms with van der Waals surface area (Å²) < 4.78 is 0. The number of phenolic OH excluding ortho intramolecular Hbond substituents is 1. The maximum Gasteiger partial charge on any atom is 0.141 e. The zero-order valence-corrected chi connectivity index (χ0v) is 7.27. The van der Waals surface area contributed by atoms with E-state index in [9.17, 15) is 5.11 Å². The largest absolute Gasteiger partial charge is 0.506 e. The van der Waals surface area contributed by atoms with Gasteiger partial charge in [0.25, 0.3) is 0 Å². The van der Waals surface area contributed by atoms with E-state index >= 15 is 0 Å². The lowest BCUT2D eigenvalue weighted by Gasteiger charge is -2.01. The minimum Gasteiger partial charge on any atom is -0.506 e. The first-order valence-corrected chi connectivity index (χ1v) is 3.89. The van der Waals surface area contributed by atoms with E-state index in [1.165, 1.54) is 6.21 Å². The molecule has 0 aromatic heterocycles. The molecule has 0 radical (unpaired) electrons. The van der Waals surface area contributed by atoms with Crippen LogP contribution in [0, 0.1) is 0 Å². The van der Waals surface area contributed by atoms with E-state index in [1.807, 2.05) is 6.07 Å². The van der Waals surface area contributed by atoms with Crippen LogP contribution in [0.4, 0.5) is 5.69 Å². The fourth-order valence-electron chi connectivity index (χ4n) is 0.981. The van der Waals surface area contributed by atoms with Crippen LogP contribution in [0.5, 0.6) is 5.75 Å². The summed E-state index contributed by atoms with van der Waals surface area (Å²) in [7, 11) is 0. The van der Waals surface area contributed by atoms with Crippen molar-refractivity contribution in [3.8, 4) is 5.75 Å². The first-order chi connectivity index (χ1) is 6.29. The number of hydrogen-bond donors (Lipinski definition) is 1. The number of benzene rings is 1. The standard InChI is InChI=1S/C11H11NO/c1-3-8-12-11-9(4-2)6-5-7-10(11)13/h3-8,13H,1-2H2. The molecule has 1 aromatic rings. The Morgan fingerprint density at radius 2 is 2.08 bits per heavy atom. The van der Waals surface area contributed by atoms with Gasteiger partial charge in [0.05, 0.1) is 0 Å². The number of phenols is 1. The Bertz CT molecular complexity index is 353. The number of rotatable bonds is 3. The van der Waals surface area contributed by atoms with Crippen molar-refractivity contribution in [2.24, 2.45) is 4.99 Å². The van der Waals surface area contributed by atoms with E-state index in [-0.39, 0.29) is 5.75 Å². The van der Waals surface area contributed by atoms with Crippen LogP contribution in [0.1, 0.15) is 5.56 Å². The maximum atomic E-state index is 9.45. The summed E-state index contributed by atoms with van der Waals surface area (Å²) in [5.41, 5.74) is 1.33. The van der Waals surface area contributed by atoms with Gasteiger partial charge in [-0.3, -0.25) is 4.99 Å². The third-order valence-electron chi connectivity index (χ3n) is 1.57. The van der Waals surface area contributed by atoms with E-state index in [1.54, 1.807) is 24.3 Å². The highest BCUT2D eigenvalue weighted by Crippen LogP contribution is 2.30. The molecule has 13 heavy (non-hydrogen) atoms. The second-order valence-corrected chi connectivity index (χ2v) is 2.43. The van der Waals surface area contributed by atoms with Gasteiger partial charge >= 0.3 is 0 Å². The van der Waals surface area contributed by atoms with Gasteiger partial charge in [-0.25, -0.2) is 0 Å². The molecule has 0 spiro atoms. The van der Waals surface area contributed by atoms with Crippen LogP contribution in [0.3, 0.4) is 0 Å². The maximum absolute atomic E-state index is 9.45. The molecule has 0 saturated carbocycles. The molecule has 0 aliphatic carbocycles. The predicted octanol–water partition coefficient (Wildman–Crippen LogP) is 2.92. The van der Waals surface area contributed by atoms with Crippen molar-refractivity contribution >= 4 is 18.0 Å². The van der Waals surface area contributed by atoms with E-state index in [0.717, 1.165) is 5.56 Å². The lowest BCUT2D eigenvalue weighted by Crippen LogP contribution is -1.75. The minimum atomic E-state index is 0.149. The Hall–Kier alpha value is -1.83. The summed E-state index contributed by atoms with van der Waals surface area (Å²) in [6.07, 6.45) is 4.73. The van der Waals surface area contributed by atoms with Crippen molar-refractivity contribution < 1.29 is 5.11 Å². The molecule has 0 saturated heterocycles. The van der Waals surface area contributed by atoms with Gasteiger partial charge in [0.15, 0.2) is 0 Å². The van der Waals surface area contributed by atoms with Crippen LogP contribution in [0.15, 0.2) is 42.4 Å². The first kappa shape index (κ1) is 9.26. The molecule has 1 rings (SSSR count). The summed E-state index contributed by atoms with van der Waals surface area (Å²) in [6, 6.07) is 5.17. The monoisotopic (exact) mass is 173 g/mol. The second-order valence-electron chi connectivity index (χ2n) is 2.43. The number of nitrogens with zero attached hydrogens (tertiary/aromatic N) is 1. The van der Waals surface area contributed by atoms with Gasteiger partial charge in [0.1, 0.15) is 11.4 Å². The van der Waals surface area contributed by atoms with E-state index in [4.69, 9.17) is 0 Å². The smallest absolute Gasteiger partial charge is 0.141 e. The lowest BCUT2D eigenvalue weighted by atomic mass is 10.1. The van der Waals surface area contributed by atoms with Gasteiger partial charge < -0.3 is 5.11 Å². The fraction of sp³-hybridized carbons (Fsp3) is 0. The molecule has 0 heterocycles. The van der Waals surface area contributed by atoms with Crippen LogP contribution in [0.2, 0.25) is 0 Å². The Kier molecular flexibility index (Phi) is 3.03. The van der Waals surface area contributed by atoms with Crippen molar-refractivity contribution in [2.75, 3.05) is 0 Å². The second kappa shape index (κ2) is 4.26. The average molecular weight is 173 g/mol. The number of para-hydroxylation sites is 1. The highest BCUT2D eigenvalue weighted by Gasteiger charge is 2.01. The van der Waals surface area contributed by atoms with Gasteiger partial charge in [-0.2, -0.15) is 0 Å². The van der Waals surface area contributed by atoms with Crippen LogP contribution in [0.25, 0.3) is 6.08 Å². The molecule has 66 valence electrons. The molecular weight excluding hydrogens is 162 g/mol. The van der Waals surface area contributed by atoms with E-state index in [2.05, 4.69) is 18.2 Å². The lowest BCUT2D eigenvalue weighted by molar-refractivity contribution is 0.477. The molecule has 2 nitrogen and oxygen atoms in total. The summed E-state index contributed by atoms with van der Waals surface area (Å²) in [6.45, 7) is 7.13. The minimum absolute atomic E-state index is 0.149. The predicted molar refractivity (Wildman–Crippen MR) is 56.5 cm³/mol. The zero-order chi connectivity index (χ0) is 9.68. The quantitative estimate of drug-likeness (QED) is 0.700. The van der Waals surface area contributed by atoms with Crippen molar-refractivity contribution in [3.63, 3.8) is 0 Å². The Labute approximate surface area is 77.6 Å². The molecule has 1 N–H and O–H groups in total. The summed E-state index contributed by atoms with van der Waals surface area (Å²) in [5.74, 6) is 0.149. The molecule has 0 unspecified atom stereocenters. The van der Waals surface area contributed by atoms with Gasteiger partial charge in [-0.05, 0) is 6.07 Å². The zero-order valence-electron chi connectivity index (χ0n) is 7.27. The van der Waals surface area contributed by atoms with Crippen molar-refractivity contribution in [1.29, 1.82) is 0 Å². The molecule has 0 aliphatic rings. The highest BCUT2D eigenvalue weighted by atomic mass is 16.3. The van der Waals surface area contributed by atoms with Gasteiger partial charge in [-0.1, -0.05) is 37.4 Å². The Morgan fingerprint density at radius 1 is 1.31 bits per heavy atom. The summed E-state index contributed by atoms with van der Waals surface area (Å²) in [5, 5.41) is 9.45. The van der Waals surface area contributed by atoms with E-state index in [0.29, 0.717) is 5.69 Å². The SMILES string of the molecule is C=CC=Nc1c(O)cccc1C=C. The molecule has 0 fully saturated rings. The summed E-state index contributed by atoms with van der Waals surface area (Å²) in [4.78, 5) is 4.03. The number of aliphatic imine (C=N–C) groups is 1. The fourth-order valence-corrected chi connectivity index (χ4v) is 0.981. The third kappa shape index (κ3) is 2.06. The molecule has 0 bridgehead atoms. The molecule has 0 amide bonds. The van der Waals surface area contributed by atoms with Gasteiger partial charge in [-0.15, -0.1) is 0 Å².